The quantitative estimate of drug-likeness (QED) is 0.815. The van der Waals surface area contributed by atoms with Gasteiger partial charge in [0.2, 0.25) is 0 Å². The summed E-state index contributed by atoms with van der Waals surface area (Å²) in [6.45, 7) is 0. The van der Waals surface area contributed by atoms with Crippen LogP contribution in [-0.2, 0) is 6.42 Å². The van der Waals surface area contributed by atoms with Gasteiger partial charge in [0.25, 0.3) is 0 Å². The molecule has 0 saturated carbocycles. The van der Waals surface area contributed by atoms with Crippen LogP contribution in [0.3, 0.4) is 0 Å². The Hall–Kier alpha value is -0.940. The summed E-state index contributed by atoms with van der Waals surface area (Å²) in [5.41, 5.74) is 4.10. The standard InChI is InChI=1S/C17H19IN2/c1-19-17(13-8-2-3-10-15(13)18)14-9-4-6-12-7-5-11-20-16(12)14/h2-3,5,7-8,10-11,14,17,19H,4,6,9H2,1H3. The van der Waals surface area contributed by atoms with E-state index >= 15 is 0 Å². The van der Waals surface area contributed by atoms with Crippen LogP contribution >= 0.6 is 22.6 Å². The molecule has 1 N–H and O–H groups in total. The molecule has 0 amide bonds. The van der Waals surface area contributed by atoms with E-state index < -0.39 is 0 Å². The number of fused-ring (bicyclic) bond motifs is 1. The summed E-state index contributed by atoms with van der Waals surface area (Å²) in [6.07, 6.45) is 5.56. The number of likely N-dealkylation sites (N-methyl/N-ethyl adjacent to an activating group) is 1. The smallest absolute Gasteiger partial charge is 0.0485 e. The van der Waals surface area contributed by atoms with E-state index in [2.05, 4.69) is 76.3 Å². The lowest BCUT2D eigenvalue weighted by atomic mass is 9.79. The van der Waals surface area contributed by atoms with Crippen molar-refractivity contribution >= 4 is 22.6 Å². The average Bonchev–Trinajstić information content (AvgIpc) is 2.50. The summed E-state index contributed by atoms with van der Waals surface area (Å²) in [5, 5.41) is 3.52. The molecule has 0 aliphatic heterocycles. The molecule has 2 unspecified atom stereocenters. The molecule has 0 radical (unpaired) electrons. The minimum Gasteiger partial charge on any atom is -0.312 e. The van der Waals surface area contributed by atoms with Crippen molar-refractivity contribution in [3.63, 3.8) is 0 Å². The van der Waals surface area contributed by atoms with Crippen molar-refractivity contribution in [1.29, 1.82) is 0 Å². The summed E-state index contributed by atoms with van der Waals surface area (Å²) >= 11 is 2.43. The van der Waals surface area contributed by atoms with Crippen molar-refractivity contribution in [2.24, 2.45) is 0 Å². The number of benzene rings is 1. The van der Waals surface area contributed by atoms with Gasteiger partial charge < -0.3 is 5.32 Å². The van der Waals surface area contributed by atoms with Crippen LogP contribution in [0.5, 0.6) is 0 Å². The minimum absolute atomic E-state index is 0.344. The fourth-order valence-corrected chi connectivity index (χ4v) is 3.99. The van der Waals surface area contributed by atoms with Crippen LogP contribution in [0, 0.1) is 3.57 Å². The number of hydrogen-bond acceptors (Lipinski definition) is 2. The Balaban J connectivity index is 2.01. The summed E-state index contributed by atoms with van der Waals surface area (Å²) in [4.78, 5) is 4.68. The zero-order valence-corrected chi connectivity index (χ0v) is 13.8. The first kappa shape index (κ1) is 14.0. The summed E-state index contributed by atoms with van der Waals surface area (Å²) in [6, 6.07) is 13.3. The second-order valence-corrected chi connectivity index (χ2v) is 6.50. The topological polar surface area (TPSA) is 24.9 Å². The molecule has 1 aliphatic rings. The molecule has 0 fully saturated rings. The van der Waals surface area contributed by atoms with Gasteiger partial charge in [-0.2, -0.15) is 0 Å². The van der Waals surface area contributed by atoms with Crippen LogP contribution in [0.15, 0.2) is 42.6 Å². The van der Waals surface area contributed by atoms with Crippen LogP contribution < -0.4 is 5.32 Å². The highest BCUT2D eigenvalue weighted by Gasteiger charge is 2.29. The highest BCUT2D eigenvalue weighted by Crippen LogP contribution is 2.40. The molecule has 1 aliphatic carbocycles. The highest BCUT2D eigenvalue weighted by molar-refractivity contribution is 14.1. The molecular formula is C17H19IN2. The fraction of sp³-hybridized carbons (Fsp3) is 0.353. The van der Waals surface area contributed by atoms with E-state index in [0.29, 0.717) is 12.0 Å². The first-order valence-corrected chi connectivity index (χ1v) is 8.24. The molecule has 0 spiro atoms. The van der Waals surface area contributed by atoms with Crippen LogP contribution in [0.4, 0.5) is 0 Å². The van der Waals surface area contributed by atoms with Gasteiger partial charge in [-0.05, 0) is 72.2 Å². The first-order chi connectivity index (χ1) is 9.81. The minimum atomic E-state index is 0.344. The number of nitrogens with zero attached hydrogens (tertiary/aromatic N) is 1. The molecular weight excluding hydrogens is 359 g/mol. The van der Waals surface area contributed by atoms with E-state index in [1.165, 1.54) is 39.7 Å². The van der Waals surface area contributed by atoms with Gasteiger partial charge in [0.1, 0.15) is 0 Å². The Labute approximate surface area is 134 Å². The second kappa shape index (κ2) is 6.22. The molecule has 1 heterocycles. The van der Waals surface area contributed by atoms with E-state index in [1.54, 1.807) is 0 Å². The van der Waals surface area contributed by atoms with E-state index in [4.69, 9.17) is 0 Å². The van der Waals surface area contributed by atoms with Gasteiger partial charge >= 0.3 is 0 Å². The second-order valence-electron chi connectivity index (χ2n) is 5.33. The van der Waals surface area contributed by atoms with Gasteiger partial charge in [-0.1, -0.05) is 24.3 Å². The van der Waals surface area contributed by atoms with Crippen molar-refractivity contribution < 1.29 is 0 Å². The zero-order valence-electron chi connectivity index (χ0n) is 11.6. The first-order valence-electron chi connectivity index (χ1n) is 7.16. The van der Waals surface area contributed by atoms with Gasteiger partial charge in [0, 0.05) is 27.4 Å². The van der Waals surface area contributed by atoms with Crippen LogP contribution in [0.1, 0.15) is 41.6 Å². The molecule has 2 aromatic rings. The van der Waals surface area contributed by atoms with Crippen molar-refractivity contribution in [3.05, 3.63) is 63.0 Å². The molecule has 1 aromatic carbocycles. The van der Waals surface area contributed by atoms with Crippen LogP contribution in [0.25, 0.3) is 0 Å². The van der Waals surface area contributed by atoms with E-state index in [0.717, 1.165) is 0 Å². The highest BCUT2D eigenvalue weighted by atomic mass is 127. The molecule has 2 nitrogen and oxygen atoms in total. The predicted molar refractivity (Wildman–Crippen MR) is 90.9 cm³/mol. The Kier molecular flexibility index (Phi) is 4.36. The van der Waals surface area contributed by atoms with Crippen molar-refractivity contribution in [1.82, 2.24) is 10.3 Å². The Morgan fingerprint density at radius 2 is 2.10 bits per heavy atom. The third-order valence-corrected chi connectivity index (χ3v) is 5.17. The van der Waals surface area contributed by atoms with E-state index in [-0.39, 0.29) is 0 Å². The number of halogens is 1. The molecule has 3 heteroatoms. The normalized spacial score (nSPS) is 19.4. The number of rotatable bonds is 3. The molecule has 0 bridgehead atoms. The number of pyridine rings is 1. The molecule has 104 valence electrons. The molecule has 3 rings (SSSR count). The summed E-state index contributed by atoms with van der Waals surface area (Å²) in [7, 11) is 2.06. The third-order valence-electron chi connectivity index (χ3n) is 4.19. The SMILES string of the molecule is CNC(c1ccccc1I)C1CCCc2cccnc21. The summed E-state index contributed by atoms with van der Waals surface area (Å²) in [5.74, 6) is 0.473. The fourth-order valence-electron chi connectivity index (χ4n) is 3.27. The van der Waals surface area contributed by atoms with Crippen molar-refractivity contribution in [2.45, 2.75) is 31.2 Å². The maximum atomic E-state index is 4.68. The Morgan fingerprint density at radius 3 is 2.90 bits per heavy atom. The molecule has 2 atom stereocenters. The van der Waals surface area contributed by atoms with Gasteiger partial charge in [-0.25, -0.2) is 0 Å². The molecule has 1 aromatic heterocycles. The lowest BCUT2D eigenvalue weighted by molar-refractivity contribution is 0.414. The Bertz CT molecular complexity index is 597. The van der Waals surface area contributed by atoms with Gasteiger partial charge in [0.05, 0.1) is 0 Å². The predicted octanol–water partition coefficient (Wildman–Crippen LogP) is 4.07. The number of aryl methyl sites for hydroxylation is 1. The maximum Gasteiger partial charge on any atom is 0.0485 e. The van der Waals surface area contributed by atoms with Gasteiger partial charge in [0.15, 0.2) is 0 Å². The van der Waals surface area contributed by atoms with Crippen molar-refractivity contribution in [3.8, 4) is 0 Å². The van der Waals surface area contributed by atoms with Gasteiger partial charge in [-0.15, -0.1) is 0 Å². The number of aromatic nitrogens is 1. The zero-order chi connectivity index (χ0) is 13.9. The van der Waals surface area contributed by atoms with Crippen molar-refractivity contribution in [2.75, 3.05) is 7.05 Å². The third kappa shape index (κ3) is 2.61. The Morgan fingerprint density at radius 1 is 1.25 bits per heavy atom. The van der Waals surface area contributed by atoms with E-state index in [9.17, 15) is 0 Å². The maximum absolute atomic E-state index is 4.68. The monoisotopic (exact) mass is 378 g/mol. The number of nitrogens with one attached hydrogen (secondary N) is 1. The van der Waals surface area contributed by atoms with Gasteiger partial charge in [-0.3, -0.25) is 4.98 Å². The average molecular weight is 378 g/mol. The van der Waals surface area contributed by atoms with E-state index in [1.807, 2.05) is 6.20 Å². The lowest BCUT2D eigenvalue weighted by Crippen LogP contribution is -2.28. The summed E-state index contributed by atoms with van der Waals surface area (Å²) < 4.78 is 1.33. The lowest BCUT2D eigenvalue weighted by Gasteiger charge is -2.32. The molecule has 20 heavy (non-hydrogen) atoms. The van der Waals surface area contributed by atoms with Crippen LogP contribution in [0.2, 0.25) is 0 Å². The molecule has 0 saturated heterocycles. The van der Waals surface area contributed by atoms with Crippen LogP contribution in [-0.4, -0.2) is 12.0 Å². The largest absolute Gasteiger partial charge is 0.312 e. The number of hydrogen-bond donors (Lipinski definition) is 1.